The molecule has 7 heteroatoms. The largest absolute Gasteiger partial charge is 0.298 e. The minimum absolute atomic E-state index is 0.0865. The van der Waals surface area contributed by atoms with Crippen molar-refractivity contribution in [2.24, 2.45) is 0 Å². The molecule has 0 saturated heterocycles. The highest BCUT2D eigenvalue weighted by Crippen LogP contribution is 2.24. The number of rotatable bonds is 5. The van der Waals surface area contributed by atoms with Crippen LogP contribution in [0.4, 0.5) is 5.69 Å². The zero-order valence-electron chi connectivity index (χ0n) is 10.8. The van der Waals surface area contributed by atoms with Crippen molar-refractivity contribution >= 4 is 21.8 Å². The molecule has 0 N–H and O–H groups in total. The van der Waals surface area contributed by atoms with Gasteiger partial charge in [0.1, 0.15) is 0 Å². The van der Waals surface area contributed by atoms with Gasteiger partial charge in [-0.25, -0.2) is 8.42 Å². The van der Waals surface area contributed by atoms with E-state index < -0.39 is 14.8 Å². The van der Waals surface area contributed by atoms with E-state index >= 15 is 0 Å². The smallest absolute Gasteiger partial charge is 0.270 e. The number of aldehydes is 1. The van der Waals surface area contributed by atoms with E-state index in [1.807, 2.05) is 0 Å². The molecule has 2 aromatic carbocycles. The van der Waals surface area contributed by atoms with Crippen molar-refractivity contribution in [1.29, 1.82) is 0 Å². The third-order valence-corrected chi connectivity index (χ3v) is 4.61. The predicted molar refractivity (Wildman–Crippen MR) is 75.8 cm³/mol. The van der Waals surface area contributed by atoms with E-state index in [1.54, 1.807) is 30.3 Å². The fraction of sp³-hybridized carbons (Fsp3) is 0.0714. The van der Waals surface area contributed by atoms with Crippen molar-refractivity contribution in [3.05, 3.63) is 69.8 Å². The molecular weight excluding hydrogens is 294 g/mol. The normalized spacial score (nSPS) is 11.0. The first kappa shape index (κ1) is 14.9. The van der Waals surface area contributed by atoms with Gasteiger partial charge in [-0.05, 0) is 11.6 Å². The number of nitrogens with zero attached hydrogens (tertiary/aromatic N) is 1. The summed E-state index contributed by atoms with van der Waals surface area (Å²) in [5, 5.41) is 10.8. The fourth-order valence-corrected chi connectivity index (χ4v) is 3.44. The molecule has 2 aromatic rings. The van der Waals surface area contributed by atoms with Crippen LogP contribution in [-0.2, 0) is 15.6 Å². The van der Waals surface area contributed by atoms with Gasteiger partial charge in [0.25, 0.3) is 5.69 Å². The molecule has 0 bridgehead atoms. The van der Waals surface area contributed by atoms with Crippen molar-refractivity contribution in [3.63, 3.8) is 0 Å². The number of benzene rings is 2. The summed E-state index contributed by atoms with van der Waals surface area (Å²) in [7, 11) is -3.85. The van der Waals surface area contributed by atoms with E-state index in [2.05, 4.69) is 0 Å². The Morgan fingerprint density at radius 3 is 2.33 bits per heavy atom. The molecule has 0 aromatic heterocycles. The quantitative estimate of drug-likeness (QED) is 0.480. The SMILES string of the molecule is O=Cc1ccc([N+](=O)[O-])cc1S(=O)(=O)Cc1ccccc1. The molecule has 6 nitrogen and oxygen atoms in total. The molecule has 0 spiro atoms. The minimum Gasteiger partial charge on any atom is -0.298 e. The average molecular weight is 305 g/mol. The molecule has 0 amide bonds. The van der Waals surface area contributed by atoms with Gasteiger partial charge in [0.05, 0.1) is 15.6 Å². The Labute approximate surface area is 121 Å². The van der Waals surface area contributed by atoms with Crippen LogP contribution in [0.15, 0.2) is 53.4 Å². The summed E-state index contributed by atoms with van der Waals surface area (Å²) < 4.78 is 24.7. The summed E-state index contributed by atoms with van der Waals surface area (Å²) in [5.41, 5.74) is 0.0876. The molecular formula is C14H11NO5S. The molecule has 0 unspecified atom stereocenters. The number of nitro groups is 1. The number of hydrogen-bond donors (Lipinski definition) is 0. The predicted octanol–water partition coefficient (Wildman–Crippen LogP) is 2.38. The summed E-state index contributed by atoms with van der Waals surface area (Å²) >= 11 is 0. The standard InChI is InChI=1S/C14H11NO5S/c16-9-12-6-7-13(15(17)18)8-14(12)21(19,20)10-11-4-2-1-3-5-11/h1-9H,10H2. The molecule has 21 heavy (non-hydrogen) atoms. The molecule has 2 rings (SSSR count). The van der Waals surface area contributed by atoms with E-state index in [9.17, 15) is 23.3 Å². The molecule has 0 aliphatic rings. The van der Waals surface area contributed by atoms with Crippen LogP contribution in [0, 0.1) is 10.1 Å². The zero-order chi connectivity index (χ0) is 15.5. The van der Waals surface area contributed by atoms with Gasteiger partial charge in [-0.1, -0.05) is 30.3 Å². The van der Waals surface area contributed by atoms with Gasteiger partial charge in [-0.15, -0.1) is 0 Å². The summed E-state index contributed by atoms with van der Waals surface area (Å²) in [4.78, 5) is 20.7. The lowest BCUT2D eigenvalue weighted by Crippen LogP contribution is -2.08. The fourth-order valence-electron chi connectivity index (χ4n) is 1.87. The highest BCUT2D eigenvalue weighted by molar-refractivity contribution is 7.90. The Morgan fingerprint density at radius 1 is 1.10 bits per heavy atom. The third kappa shape index (κ3) is 3.32. The van der Waals surface area contributed by atoms with Crippen LogP contribution in [-0.4, -0.2) is 19.6 Å². The maximum absolute atomic E-state index is 12.4. The molecule has 0 saturated carbocycles. The van der Waals surface area contributed by atoms with E-state index in [1.165, 1.54) is 0 Å². The van der Waals surface area contributed by atoms with Crippen molar-refractivity contribution < 1.29 is 18.1 Å². The lowest BCUT2D eigenvalue weighted by atomic mass is 10.2. The van der Waals surface area contributed by atoms with Gasteiger partial charge in [0.15, 0.2) is 16.1 Å². The van der Waals surface area contributed by atoms with Crippen LogP contribution < -0.4 is 0 Å². The second-order valence-electron chi connectivity index (χ2n) is 4.34. The van der Waals surface area contributed by atoms with Crippen LogP contribution in [0.3, 0.4) is 0 Å². The maximum Gasteiger partial charge on any atom is 0.270 e. The average Bonchev–Trinajstić information content (AvgIpc) is 2.47. The number of nitro benzene ring substituents is 1. The summed E-state index contributed by atoms with van der Waals surface area (Å²) in [5.74, 6) is -0.324. The van der Waals surface area contributed by atoms with E-state index in [-0.39, 0.29) is 21.9 Å². The first-order chi connectivity index (χ1) is 9.94. The Balaban J connectivity index is 2.50. The molecule has 108 valence electrons. The van der Waals surface area contributed by atoms with Gasteiger partial charge < -0.3 is 0 Å². The summed E-state index contributed by atoms with van der Waals surface area (Å²) in [6, 6.07) is 11.6. The molecule has 0 heterocycles. The second kappa shape index (κ2) is 5.84. The Hall–Kier alpha value is -2.54. The van der Waals surface area contributed by atoms with Crippen LogP contribution in [0.25, 0.3) is 0 Å². The Bertz CT molecular complexity index is 784. The second-order valence-corrected chi connectivity index (χ2v) is 6.30. The van der Waals surface area contributed by atoms with Gasteiger partial charge in [0, 0.05) is 17.7 Å². The number of hydrogen-bond acceptors (Lipinski definition) is 5. The van der Waals surface area contributed by atoms with Crippen LogP contribution in [0.1, 0.15) is 15.9 Å². The summed E-state index contributed by atoms with van der Waals surface area (Å²) in [6.07, 6.45) is 0.377. The maximum atomic E-state index is 12.4. The van der Waals surface area contributed by atoms with Gasteiger partial charge >= 0.3 is 0 Å². The van der Waals surface area contributed by atoms with E-state index in [0.717, 1.165) is 18.2 Å². The van der Waals surface area contributed by atoms with E-state index in [4.69, 9.17) is 0 Å². The molecule has 0 radical (unpaired) electrons. The highest BCUT2D eigenvalue weighted by Gasteiger charge is 2.22. The number of non-ortho nitro benzene ring substituents is 1. The number of carbonyl (C=O) groups is 1. The Kier molecular flexibility index (Phi) is 4.13. The van der Waals surface area contributed by atoms with Crippen LogP contribution >= 0.6 is 0 Å². The first-order valence-electron chi connectivity index (χ1n) is 5.94. The molecule has 0 atom stereocenters. The lowest BCUT2D eigenvalue weighted by Gasteiger charge is -2.07. The van der Waals surface area contributed by atoms with Crippen molar-refractivity contribution in [3.8, 4) is 0 Å². The zero-order valence-corrected chi connectivity index (χ0v) is 11.6. The Morgan fingerprint density at radius 2 is 1.76 bits per heavy atom. The van der Waals surface area contributed by atoms with Crippen LogP contribution in [0.5, 0.6) is 0 Å². The molecule has 0 aliphatic carbocycles. The van der Waals surface area contributed by atoms with Gasteiger partial charge in [-0.2, -0.15) is 0 Å². The lowest BCUT2D eigenvalue weighted by molar-refractivity contribution is -0.385. The van der Waals surface area contributed by atoms with Gasteiger partial charge in [0.2, 0.25) is 0 Å². The first-order valence-corrected chi connectivity index (χ1v) is 7.59. The highest BCUT2D eigenvalue weighted by atomic mass is 32.2. The van der Waals surface area contributed by atoms with E-state index in [0.29, 0.717) is 11.8 Å². The van der Waals surface area contributed by atoms with Crippen molar-refractivity contribution in [2.45, 2.75) is 10.6 Å². The number of carbonyl (C=O) groups excluding carboxylic acids is 1. The topological polar surface area (TPSA) is 94.3 Å². The third-order valence-electron chi connectivity index (χ3n) is 2.87. The molecule has 0 aliphatic heterocycles. The summed E-state index contributed by atoms with van der Waals surface area (Å²) in [6.45, 7) is 0. The minimum atomic E-state index is -3.85. The van der Waals surface area contributed by atoms with Gasteiger partial charge in [-0.3, -0.25) is 14.9 Å². The van der Waals surface area contributed by atoms with Crippen LogP contribution in [0.2, 0.25) is 0 Å². The number of sulfone groups is 1. The monoisotopic (exact) mass is 305 g/mol. The van der Waals surface area contributed by atoms with Crippen molar-refractivity contribution in [2.75, 3.05) is 0 Å². The van der Waals surface area contributed by atoms with Crippen molar-refractivity contribution in [1.82, 2.24) is 0 Å². The molecule has 0 fully saturated rings.